The molecule has 2 aromatic rings. The largest absolute Gasteiger partial charge is 0.507 e. The molecule has 0 aromatic heterocycles. The van der Waals surface area contributed by atoms with Gasteiger partial charge in [0.1, 0.15) is 5.75 Å². The molecule has 146 valence electrons. The average Bonchev–Trinajstić information content (AvgIpc) is 2.75. The lowest BCUT2D eigenvalue weighted by molar-refractivity contribution is 0.294. The van der Waals surface area contributed by atoms with E-state index in [9.17, 15) is 13.5 Å². The first-order chi connectivity index (χ1) is 12.9. The van der Waals surface area contributed by atoms with Crippen molar-refractivity contribution in [2.45, 2.75) is 41.5 Å². The third kappa shape index (κ3) is 3.80. The summed E-state index contributed by atoms with van der Waals surface area (Å²) in [5.74, 6) is -0.778. The molecular weight excluding hydrogens is 385 g/mol. The van der Waals surface area contributed by atoms with Crippen molar-refractivity contribution in [3.8, 4) is 5.75 Å². The molecule has 0 saturated carbocycles. The number of halogens is 1. The molecule has 1 aliphatic heterocycles. The van der Waals surface area contributed by atoms with Gasteiger partial charge < -0.3 is 10.0 Å². The normalized spacial score (nSPS) is 21.5. The number of fused-ring (bicyclic) bond motifs is 1. The van der Waals surface area contributed by atoms with Crippen molar-refractivity contribution in [1.29, 1.82) is 0 Å². The van der Waals surface area contributed by atoms with Crippen molar-refractivity contribution in [3.05, 3.63) is 42.5 Å². The van der Waals surface area contributed by atoms with Crippen molar-refractivity contribution in [2.75, 3.05) is 17.7 Å². The van der Waals surface area contributed by atoms with Gasteiger partial charge in [-0.2, -0.15) is 0 Å². The SMILES string of the molecule is CCCCC1CN(c2ccccc2)c2cc(SC)c(O)cc2S(=O)(=O)C1F. The number of unbranched alkanes of at least 4 members (excludes halogenated alkanes) is 1. The van der Waals surface area contributed by atoms with Crippen LogP contribution in [0.5, 0.6) is 5.75 Å². The highest BCUT2D eigenvalue weighted by molar-refractivity contribution is 7.98. The fourth-order valence-corrected chi connectivity index (χ4v) is 5.68. The van der Waals surface area contributed by atoms with E-state index in [2.05, 4.69) is 0 Å². The van der Waals surface area contributed by atoms with E-state index in [1.54, 1.807) is 6.07 Å². The number of anilines is 2. The number of hydrogen-bond acceptors (Lipinski definition) is 5. The predicted molar refractivity (Wildman–Crippen MR) is 108 cm³/mol. The minimum atomic E-state index is -4.20. The van der Waals surface area contributed by atoms with Gasteiger partial charge >= 0.3 is 0 Å². The highest BCUT2D eigenvalue weighted by atomic mass is 32.2. The molecular formula is C20H24FNO3S2. The summed E-state index contributed by atoms with van der Waals surface area (Å²) in [7, 11) is -4.20. The smallest absolute Gasteiger partial charge is 0.212 e. The zero-order chi connectivity index (χ0) is 19.6. The highest BCUT2D eigenvalue weighted by Crippen LogP contribution is 2.44. The summed E-state index contributed by atoms with van der Waals surface area (Å²) in [6, 6.07) is 12.2. The maximum absolute atomic E-state index is 15.2. The van der Waals surface area contributed by atoms with E-state index < -0.39 is 21.3 Å². The lowest BCUT2D eigenvalue weighted by Gasteiger charge is -2.28. The molecule has 0 fully saturated rings. The predicted octanol–water partition coefficient (Wildman–Crippen LogP) is 5.14. The van der Waals surface area contributed by atoms with Gasteiger partial charge in [-0.3, -0.25) is 0 Å². The molecule has 1 N–H and O–H groups in total. The summed E-state index contributed by atoms with van der Waals surface area (Å²) in [4.78, 5) is 2.28. The number of nitrogens with zero attached hydrogens (tertiary/aromatic N) is 1. The quantitative estimate of drug-likeness (QED) is 0.693. The number of phenolic OH excluding ortho intramolecular Hbond substituents is 1. The van der Waals surface area contributed by atoms with E-state index in [0.29, 0.717) is 17.0 Å². The number of alkyl halides is 1. The first-order valence-electron chi connectivity index (χ1n) is 9.01. The van der Waals surface area contributed by atoms with Gasteiger partial charge in [-0.1, -0.05) is 38.0 Å². The van der Waals surface area contributed by atoms with Gasteiger partial charge in [0, 0.05) is 24.2 Å². The fourth-order valence-electron chi connectivity index (χ4n) is 3.47. The number of hydrogen-bond donors (Lipinski definition) is 1. The maximum atomic E-state index is 15.2. The van der Waals surface area contributed by atoms with Crippen molar-refractivity contribution >= 4 is 33.0 Å². The third-order valence-corrected chi connectivity index (χ3v) is 7.62. The van der Waals surface area contributed by atoms with Crippen LogP contribution in [0, 0.1) is 5.92 Å². The summed E-state index contributed by atoms with van der Waals surface area (Å²) in [6.07, 6.45) is 3.94. The maximum Gasteiger partial charge on any atom is 0.212 e. The summed E-state index contributed by atoms with van der Waals surface area (Å²) in [5.41, 5.74) is -0.761. The molecule has 2 atom stereocenters. The molecule has 0 bridgehead atoms. The lowest BCUT2D eigenvalue weighted by Crippen LogP contribution is -2.31. The Hall–Kier alpha value is -1.73. The Morgan fingerprint density at radius 2 is 1.96 bits per heavy atom. The summed E-state index contributed by atoms with van der Waals surface area (Å²) >= 11 is 1.32. The number of aromatic hydroxyl groups is 1. The highest BCUT2D eigenvalue weighted by Gasteiger charge is 2.42. The topological polar surface area (TPSA) is 57.6 Å². The molecule has 27 heavy (non-hydrogen) atoms. The Morgan fingerprint density at radius 3 is 2.59 bits per heavy atom. The molecule has 1 heterocycles. The molecule has 4 nitrogen and oxygen atoms in total. The molecule has 0 spiro atoms. The van der Waals surface area contributed by atoms with Crippen LogP contribution < -0.4 is 4.90 Å². The molecule has 0 saturated heterocycles. The van der Waals surface area contributed by atoms with E-state index in [1.165, 1.54) is 17.8 Å². The second-order valence-corrected chi connectivity index (χ2v) is 9.56. The number of thioether (sulfide) groups is 1. The number of para-hydroxylation sites is 1. The van der Waals surface area contributed by atoms with Crippen LogP contribution in [-0.2, 0) is 9.84 Å². The minimum absolute atomic E-state index is 0.142. The molecule has 7 heteroatoms. The number of rotatable bonds is 5. The summed E-state index contributed by atoms with van der Waals surface area (Å²) in [5, 5.41) is 10.2. The molecule has 3 rings (SSSR count). The van der Waals surface area contributed by atoms with Crippen LogP contribution in [0.4, 0.5) is 15.8 Å². The van der Waals surface area contributed by atoms with Gasteiger partial charge in [0.2, 0.25) is 15.3 Å². The fraction of sp³-hybridized carbons (Fsp3) is 0.400. The van der Waals surface area contributed by atoms with E-state index in [-0.39, 0.29) is 17.2 Å². The average molecular weight is 410 g/mol. The zero-order valence-electron chi connectivity index (χ0n) is 15.4. The Morgan fingerprint density at radius 1 is 1.26 bits per heavy atom. The van der Waals surface area contributed by atoms with Crippen molar-refractivity contribution in [3.63, 3.8) is 0 Å². The lowest BCUT2D eigenvalue weighted by atomic mass is 10.0. The Kier molecular flexibility index (Phi) is 6.01. The standard InChI is InChI=1S/C20H24FNO3S2/c1-3-4-8-14-13-22(15-9-6-5-7-10-15)16-11-18(26-2)17(23)12-19(16)27(24,25)20(14)21/h5-7,9-12,14,20,23H,3-4,8,13H2,1-2H3. The Bertz CT molecular complexity index is 903. The Labute approximate surface area is 164 Å². The molecule has 2 aromatic carbocycles. The van der Waals surface area contributed by atoms with E-state index in [0.717, 1.165) is 18.5 Å². The molecule has 0 radical (unpaired) electrons. The van der Waals surface area contributed by atoms with Crippen LogP contribution >= 0.6 is 11.8 Å². The molecule has 0 aliphatic carbocycles. The number of benzene rings is 2. The first kappa shape index (κ1) is 20.0. The third-order valence-electron chi connectivity index (χ3n) is 4.94. The van der Waals surface area contributed by atoms with Crippen LogP contribution in [-0.4, -0.2) is 31.8 Å². The van der Waals surface area contributed by atoms with Gasteiger partial charge in [-0.05, 0) is 30.9 Å². The van der Waals surface area contributed by atoms with E-state index >= 15 is 4.39 Å². The van der Waals surface area contributed by atoms with Crippen LogP contribution in [0.3, 0.4) is 0 Å². The van der Waals surface area contributed by atoms with Crippen molar-refractivity contribution in [1.82, 2.24) is 0 Å². The van der Waals surface area contributed by atoms with Crippen LogP contribution in [0.2, 0.25) is 0 Å². The summed E-state index contributed by atoms with van der Waals surface area (Å²) in [6.45, 7) is 2.28. The minimum Gasteiger partial charge on any atom is -0.507 e. The molecule has 1 aliphatic rings. The first-order valence-corrected chi connectivity index (χ1v) is 11.8. The van der Waals surface area contributed by atoms with E-state index in [1.807, 2.05) is 48.4 Å². The van der Waals surface area contributed by atoms with E-state index in [4.69, 9.17) is 0 Å². The number of phenols is 1. The van der Waals surface area contributed by atoms with Crippen LogP contribution in [0.25, 0.3) is 0 Å². The van der Waals surface area contributed by atoms with Gasteiger partial charge in [-0.25, -0.2) is 12.8 Å². The number of sulfone groups is 1. The second-order valence-electron chi connectivity index (χ2n) is 6.74. The molecule has 2 unspecified atom stereocenters. The Balaban J connectivity index is 2.23. The van der Waals surface area contributed by atoms with Gasteiger partial charge in [0.15, 0.2) is 0 Å². The van der Waals surface area contributed by atoms with Gasteiger partial charge in [0.05, 0.1) is 15.5 Å². The van der Waals surface area contributed by atoms with Crippen molar-refractivity contribution in [2.24, 2.45) is 5.92 Å². The zero-order valence-corrected chi connectivity index (χ0v) is 17.1. The van der Waals surface area contributed by atoms with Gasteiger partial charge in [0.25, 0.3) is 0 Å². The summed E-state index contributed by atoms with van der Waals surface area (Å²) < 4.78 is 41.2. The van der Waals surface area contributed by atoms with Crippen LogP contribution in [0.1, 0.15) is 26.2 Å². The second kappa shape index (κ2) is 8.10. The van der Waals surface area contributed by atoms with Crippen molar-refractivity contribution < 1.29 is 17.9 Å². The molecule has 0 amide bonds. The van der Waals surface area contributed by atoms with Crippen LogP contribution in [0.15, 0.2) is 52.3 Å². The van der Waals surface area contributed by atoms with Gasteiger partial charge in [-0.15, -0.1) is 11.8 Å². The monoisotopic (exact) mass is 409 g/mol.